The number of amides is 2. The highest BCUT2D eigenvalue weighted by atomic mass is 16.6. The van der Waals surface area contributed by atoms with Crippen molar-refractivity contribution in [3.63, 3.8) is 0 Å². The summed E-state index contributed by atoms with van der Waals surface area (Å²) in [7, 11) is 0. The molecular weight excluding hydrogens is 446 g/mol. The lowest BCUT2D eigenvalue weighted by Crippen LogP contribution is -2.54. The van der Waals surface area contributed by atoms with E-state index in [1.807, 2.05) is 54.6 Å². The molecule has 35 heavy (non-hydrogen) atoms. The highest BCUT2D eigenvalue weighted by molar-refractivity contribution is 6.07. The number of nitrogens with one attached hydrogen (secondary N) is 1. The minimum atomic E-state index is -0.678. The van der Waals surface area contributed by atoms with E-state index in [1.165, 1.54) is 4.90 Å². The number of aliphatic imine (C=N–C) groups is 1. The second kappa shape index (κ2) is 10.8. The molecule has 0 spiro atoms. The van der Waals surface area contributed by atoms with Crippen LogP contribution in [0.25, 0.3) is 0 Å². The molecule has 2 aromatic rings. The SMILES string of the molecule is CC(C)(C)OC(=O)NC1CN=C(c2ccc(OCc3ccccc3)cc2)N(C(=O)OC(C)(C)C)C1. The van der Waals surface area contributed by atoms with E-state index in [1.54, 1.807) is 41.5 Å². The summed E-state index contributed by atoms with van der Waals surface area (Å²) in [5.74, 6) is 1.19. The van der Waals surface area contributed by atoms with Gasteiger partial charge in [0.25, 0.3) is 0 Å². The van der Waals surface area contributed by atoms with E-state index in [2.05, 4.69) is 10.3 Å². The van der Waals surface area contributed by atoms with Crippen molar-refractivity contribution in [2.24, 2.45) is 4.99 Å². The standard InChI is InChI=1S/C27H35N3O5/c1-26(2,3)34-24(31)29-21-16-28-23(30(17-21)25(32)35-27(4,5)6)20-12-14-22(15-13-20)33-18-19-10-8-7-9-11-19/h7-15,21H,16-18H2,1-6H3,(H,29,31). The van der Waals surface area contributed by atoms with E-state index in [9.17, 15) is 9.59 Å². The van der Waals surface area contributed by atoms with Crippen LogP contribution in [0.2, 0.25) is 0 Å². The molecule has 0 saturated heterocycles. The number of amidine groups is 1. The van der Waals surface area contributed by atoms with Gasteiger partial charge >= 0.3 is 12.2 Å². The van der Waals surface area contributed by atoms with Crippen LogP contribution in [-0.2, 0) is 16.1 Å². The van der Waals surface area contributed by atoms with Crippen molar-refractivity contribution in [2.45, 2.75) is 65.4 Å². The van der Waals surface area contributed by atoms with Crippen LogP contribution in [0.5, 0.6) is 5.75 Å². The molecule has 3 rings (SSSR count). The van der Waals surface area contributed by atoms with Gasteiger partial charge in [0.15, 0.2) is 0 Å². The molecule has 0 fully saturated rings. The number of rotatable bonds is 5. The number of nitrogens with zero attached hydrogens (tertiary/aromatic N) is 2. The highest BCUT2D eigenvalue weighted by Gasteiger charge is 2.33. The van der Waals surface area contributed by atoms with Crippen molar-refractivity contribution >= 4 is 18.0 Å². The maximum Gasteiger partial charge on any atom is 0.416 e. The third-order valence-electron chi connectivity index (χ3n) is 4.82. The van der Waals surface area contributed by atoms with Gasteiger partial charge in [-0.1, -0.05) is 30.3 Å². The molecule has 2 aromatic carbocycles. The molecule has 8 heteroatoms. The summed E-state index contributed by atoms with van der Waals surface area (Å²) >= 11 is 0. The minimum Gasteiger partial charge on any atom is -0.489 e. The lowest BCUT2D eigenvalue weighted by Gasteiger charge is -2.34. The monoisotopic (exact) mass is 481 g/mol. The van der Waals surface area contributed by atoms with Crippen LogP contribution in [-0.4, -0.2) is 53.3 Å². The van der Waals surface area contributed by atoms with E-state index in [-0.39, 0.29) is 6.54 Å². The van der Waals surface area contributed by atoms with Gasteiger partial charge < -0.3 is 19.5 Å². The summed E-state index contributed by atoms with van der Waals surface area (Å²) in [6.45, 7) is 11.8. The molecule has 8 nitrogen and oxygen atoms in total. The summed E-state index contributed by atoms with van der Waals surface area (Å²) < 4.78 is 16.8. The largest absolute Gasteiger partial charge is 0.489 e. The Hall–Kier alpha value is -3.55. The summed E-state index contributed by atoms with van der Waals surface area (Å²) in [5.41, 5.74) is 0.525. The number of carbonyl (C=O) groups excluding carboxylic acids is 2. The van der Waals surface area contributed by atoms with Gasteiger partial charge in [-0.25, -0.2) is 9.59 Å². The van der Waals surface area contributed by atoms with Crippen LogP contribution in [0, 0.1) is 0 Å². The smallest absolute Gasteiger partial charge is 0.416 e. The Morgan fingerprint density at radius 2 is 1.57 bits per heavy atom. The lowest BCUT2D eigenvalue weighted by molar-refractivity contribution is 0.0324. The summed E-state index contributed by atoms with van der Waals surface area (Å²) in [6, 6.07) is 16.9. The zero-order valence-electron chi connectivity index (χ0n) is 21.3. The van der Waals surface area contributed by atoms with Crippen LogP contribution in [0.3, 0.4) is 0 Å². The van der Waals surface area contributed by atoms with Crippen LogP contribution in [0.1, 0.15) is 52.7 Å². The first kappa shape index (κ1) is 26.1. The molecular formula is C27H35N3O5. The van der Waals surface area contributed by atoms with E-state index in [0.29, 0.717) is 24.7 Å². The molecule has 1 aliphatic heterocycles. The molecule has 1 N–H and O–H groups in total. The van der Waals surface area contributed by atoms with Crippen molar-refractivity contribution in [1.29, 1.82) is 0 Å². The average Bonchev–Trinajstić information content (AvgIpc) is 2.76. The number of ether oxygens (including phenoxy) is 3. The fourth-order valence-electron chi connectivity index (χ4n) is 3.38. The predicted octanol–water partition coefficient (Wildman–Crippen LogP) is 5.16. The Labute approximate surface area is 207 Å². The van der Waals surface area contributed by atoms with Crippen LogP contribution < -0.4 is 10.1 Å². The number of hydrogen-bond donors (Lipinski definition) is 1. The van der Waals surface area contributed by atoms with Gasteiger partial charge in [-0.15, -0.1) is 0 Å². The van der Waals surface area contributed by atoms with E-state index in [0.717, 1.165) is 11.1 Å². The first-order valence-corrected chi connectivity index (χ1v) is 11.7. The number of carbonyl (C=O) groups is 2. The molecule has 1 unspecified atom stereocenters. The zero-order valence-corrected chi connectivity index (χ0v) is 21.3. The second-order valence-electron chi connectivity index (χ2n) is 10.4. The highest BCUT2D eigenvalue weighted by Crippen LogP contribution is 2.20. The molecule has 0 aliphatic carbocycles. The summed E-state index contributed by atoms with van der Waals surface area (Å²) in [5, 5.41) is 2.80. The molecule has 0 bridgehead atoms. The maximum absolute atomic E-state index is 13.0. The molecule has 2 amide bonds. The minimum absolute atomic E-state index is 0.208. The Morgan fingerprint density at radius 1 is 0.943 bits per heavy atom. The maximum atomic E-state index is 13.0. The Morgan fingerprint density at radius 3 is 2.17 bits per heavy atom. The quantitative estimate of drug-likeness (QED) is 0.637. The van der Waals surface area contributed by atoms with Crippen molar-refractivity contribution in [1.82, 2.24) is 10.2 Å². The zero-order chi connectivity index (χ0) is 25.6. The predicted molar refractivity (Wildman–Crippen MR) is 135 cm³/mol. The van der Waals surface area contributed by atoms with Crippen molar-refractivity contribution < 1.29 is 23.8 Å². The molecule has 0 radical (unpaired) electrons. The van der Waals surface area contributed by atoms with Gasteiger partial charge in [-0.2, -0.15) is 0 Å². The molecule has 1 heterocycles. The van der Waals surface area contributed by atoms with Crippen molar-refractivity contribution in [3.8, 4) is 5.75 Å². The Bertz CT molecular complexity index is 1040. The van der Waals surface area contributed by atoms with Gasteiger partial charge in [0.05, 0.1) is 19.1 Å². The van der Waals surface area contributed by atoms with Crippen LogP contribution in [0.15, 0.2) is 59.6 Å². The van der Waals surface area contributed by atoms with Crippen molar-refractivity contribution in [2.75, 3.05) is 13.1 Å². The summed E-state index contributed by atoms with van der Waals surface area (Å²) in [6.07, 6.45) is -1.08. The molecule has 188 valence electrons. The van der Waals surface area contributed by atoms with E-state index < -0.39 is 29.4 Å². The van der Waals surface area contributed by atoms with Gasteiger partial charge in [0.1, 0.15) is 29.4 Å². The van der Waals surface area contributed by atoms with E-state index in [4.69, 9.17) is 14.2 Å². The first-order chi connectivity index (χ1) is 16.4. The van der Waals surface area contributed by atoms with Gasteiger partial charge in [0.2, 0.25) is 0 Å². The fraction of sp³-hybridized carbons (Fsp3) is 0.444. The first-order valence-electron chi connectivity index (χ1n) is 11.7. The number of benzene rings is 2. The topological polar surface area (TPSA) is 89.5 Å². The molecule has 1 aliphatic rings. The third kappa shape index (κ3) is 8.31. The normalized spacial score (nSPS) is 16.2. The van der Waals surface area contributed by atoms with Crippen LogP contribution >= 0.6 is 0 Å². The average molecular weight is 482 g/mol. The van der Waals surface area contributed by atoms with E-state index >= 15 is 0 Å². The number of hydrogen-bond acceptors (Lipinski definition) is 6. The molecule has 0 saturated carbocycles. The van der Waals surface area contributed by atoms with Gasteiger partial charge in [0, 0.05) is 5.56 Å². The lowest BCUT2D eigenvalue weighted by atomic mass is 10.1. The van der Waals surface area contributed by atoms with Crippen molar-refractivity contribution in [3.05, 3.63) is 65.7 Å². The molecule has 1 atom stereocenters. The Balaban J connectivity index is 1.74. The van der Waals surface area contributed by atoms with Gasteiger partial charge in [-0.3, -0.25) is 9.89 Å². The third-order valence-corrected chi connectivity index (χ3v) is 4.82. The Kier molecular flexibility index (Phi) is 8.04. The molecule has 0 aromatic heterocycles. The number of alkyl carbamates (subject to hydrolysis) is 1. The van der Waals surface area contributed by atoms with Gasteiger partial charge in [-0.05, 0) is 71.4 Å². The second-order valence-corrected chi connectivity index (χ2v) is 10.4. The fourth-order valence-corrected chi connectivity index (χ4v) is 3.38. The van der Waals surface area contributed by atoms with Crippen LogP contribution in [0.4, 0.5) is 9.59 Å². The summed E-state index contributed by atoms with van der Waals surface area (Å²) in [4.78, 5) is 31.4.